The van der Waals surface area contributed by atoms with E-state index in [1.807, 2.05) is 0 Å². The SMILES string of the molecule is C=C(CC)C(=C/CC1=CCC/C=C\C=C/C(C)N(/C(CCCC/C=C\C)=c2/c(C)ccc/c2=C/CC)C(=C)C=C1)/C(C)=C\CC. The van der Waals surface area contributed by atoms with Crippen LogP contribution in [0.25, 0.3) is 11.8 Å². The second-order valence-electron chi connectivity index (χ2n) is 12.1. The van der Waals surface area contributed by atoms with Gasteiger partial charge in [0.25, 0.3) is 0 Å². The van der Waals surface area contributed by atoms with Crippen molar-refractivity contribution in [3.63, 3.8) is 0 Å². The Morgan fingerprint density at radius 1 is 1.02 bits per heavy atom. The van der Waals surface area contributed by atoms with E-state index in [2.05, 4.69) is 151 Å². The van der Waals surface area contributed by atoms with Gasteiger partial charge >= 0.3 is 0 Å². The van der Waals surface area contributed by atoms with Crippen LogP contribution in [0.1, 0.15) is 111 Å². The Morgan fingerprint density at radius 2 is 1.82 bits per heavy atom. The summed E-state index contributed by atoms with van der Waals surface area (Å²) >= 11 is 0. The van der Waals surface area contributed by atoms with E-state index < -0.39 is 0 Å². The molecule has 1 aromatic carbocycles. The molecule has 0 spiro atoms. The van der Waals surface area contributed by atoms with Gasteiger partial charge in [-0.15, -0.1) is 0 Å². The first-order chi connectivity index (χ1) is 21.8. The third-order valence-corrected chi connectivity index (χ3v) is 8.45. The molecule has 0 radical (unpaired) electrons. The quantitative estimate of drug-likeness (QED) is 0.123. The summed E-state index contributed by atoms with van der Waals surface area (Å²) in [6, 6.07) is 6.88. The second-order valence-corrected chi connectivity index (χ2v) is 12.1. The Kier molecular flexibility index (Phi) is 17.7. The molecule has 0 aliphatic carbocycles. The van der Waals surface area contributed by atoms with Crippen molar-refractivity contribution in [3.8, 4) is 0 Å². The molecule has 0 saturated carbocycles. The minimum atomic E-state index is 0.154. The molecular weight excluding hydrogens is 542 g/mol. The number of aryl methyl sites for hydroxylation is 1. The molecule has 1 aliphatic heterocycles. The van der Waals surface area contributed by atoms with E-state index in [4.69, 9.17) is 6.58 Å². The number of rotatable bonds is 13. The molecule has 0 amide bonds. The van der Waals surface area contributed by atoms with Crippen LogP contribution in [0, 0.1) is 6.92 Å². The normalized spacial score (nSPS) is 19.6. The fourth-order valence-electron chi connectivity index (χ4n) is 6.01. The van der Waals surface area contributed by atoms with Crippen LogP contribution in [0.4, 0.5) is 0 Å². The third kappa shape index (κ3) is 12.4. The zero-order valence-electron chi connectivity index (χ0n) is 29.7. The molecule has 1 nitrogen and oxygen atoms in total. The smallest absolute Gasteiger partial charge is 0.0493 e. The molecule has 1 aromatic rings. The monoisotopic (exact) mass is 603 g/mol. The van der Waals surface area contributed by atoms with E-state index in [-0.39, 0.29) is 6.04 Å². The number of hydrogen-bond donors (Lipinski definition) is 0. The molecule has 1 unspecified atom stereocenters. The minimum absolute atomic E-state index is 0.154. The summed E-state index contributed by atoms with van der Waals surface area (Å²) in [6.45, 7) is 24.6. The first-order valence-corrected chi connectivity index (χ1v) is 17.4. The van der Waals surface area contributed by atoms with Gasteiger partial charge in [-0.05, 0) is 131 Å². The molecule has 0 N–H and O–H groups in total. The molecule has 0 saturated heterocycles. The number of nitrogens with zero attached hydrogens (tertiary/aromatic N) is 1. The molecule has 1 heteroatoms. The highest BCUT2D eigenvalue weighted by Gasteiger charge is 2.19. The van der Waals surface area contributed by atoms with Crippen LogP contribution in [0.5, 0.6) is 0 Å². The van der Waals surface area contributed by atoms with Gasteiger partial charge in [0.1, 0.15) is 0 Å². The highest BCUT2D eigenvalue weighted by atomic mass is 15.2. The highest BCUT2D eigenvalue weighted by Crippen LogP contribution is 2.26. The molecule has 45 heavy (non-hydrogen) atoms. The number of allylic oxidation sites excluding steroid dienone is 14. The van der Waals surface area contributed by atoms with Crippen LogP contribution in [0.15, 0.2) is 126 Å². The topological polar surface area (TPSA) is 3.24 Å². The molecule has 0 bridgehead atoms. The fourth-order valence-corrected chi connectivity index (χ4v) is 6.01. The standard InChI is InChI=1S/C44H61N/c1-10-14-15-17-22-30-43(44-37(7)26-23-29-41(44)25-12-3)45-38(8)27-20-18-16-19-21-28-40(32-31-39(45)9)33-34-42(35(5)13-4)36(6)24-11-2/h10,14,16,18,20,23-29,31-32,34,38H,5,9,11-13,15,17,19,21-22,30,33H2,1-4,6-8H3/b14-10-,18-16-,27-20-,32-31?,36-24-,40-28?,41-25-,42-34-,44-43-. The second kappa shape index (κ2) is 21.2. The lowest BCUT2D eigenvalue weighted by atomic mass is 9.95. The zero-order chi connectivity index (χ0) is 33.0. The Hall–Kier alpha value is -3.58. The minimum Gasteiger partial charge on any atom is -0.338 e. The van der Waals surface area contributed by atoms with Crippen molar-refractivity contribution in [2.24, 2.45) is 0 Å². The summed E-state index contributed by atoms with van der Waals surface area (Å²) in [4.78, 5) is 2.50. The van der Waals surface area contributed by atoms with E-state index in [1.54, 1.807) is 0 Å². The van der Waals surface area contributed by atoms with E-state index in [0.717, 1.165) is 63.5 Å². The van der Waals surface area contributed by atoms with Gasteiger partial charge in [-0.25, -0.2) is 0 Å². The molecule has 242 valence electrons. The first kappa shape index (κ1) is 37.6. The van der Waals surface area contributed by atoms with Crippen molar-refractivity contribution in [2.45, 2.75) is 119 Å². The Bertz CT molecular complexity index is 1450. The lowest BCUT2D eigenvalue weighted by Gasteiger charge is -2.33. The highest BCUT2D eigenvalue weighted by molar-refractivity contribution is 5.53. The van der Waals surface area contributed by atoms with Gasteiger partial charge in [0, 0.05) is 22.7 Å². The summed E-state index contributed by atoms with van der Waals surface area (Å²) < 4.78 is 0. The molecule has 0 aromatic heterocycles. The van der Waals surface area contributed by atoms with Gasteiger partial charge in [-0.1, -0.05) is 119 Å². The Morgan fingerprint density at radius 3 is 2.53 bits per heavy atom. The fraction of sp³-hybridized carbons (Fsp3) is 0.409. The molecule has 1 atom stereocenters. The number of unbranched alkanes of at least 4 members (excludes halogenated alkanes) is 2. The van der Waals surface area contributed by atoms with E-state index in [9.17, 15) is 0 Å². The van der Waals surface area contributed by atoms with Gasteiger partial charge < -0.3 is 4.90 Å². The van der Waals surface area contributed by atoms with E-state index >= 15 is 0 Å². The predicted octanol–water partition coefficient (Wildman–Crippen LogP) is 11.7. The lowest BCUT2D eigenvalue weighted by molar-refractivity contribution is 0.430. The summed E-state index contributed by atoms with van der Waals surface area (Å²) in [5.41, 5.74) is 8.86. The predicted molar refractivity (Wildman–Crippen MR) is 203 cm³/mol. The lowest BCUT2D eigenvalue weighted by Crippen LogP contribution is -2.39. The molecule has 2 rings (SSSR count). The maximum atomic E-state index is 4.71. The summed E-state index contributed by atoms with van der Waals surface area (Å²) in [5.74, 6) is 0. The number of benzene rings is 1. The summed E-state index contributed by atoms with van der Waals surface area (Å²) in [5, 5.41) is 2.68. The van der Waals surface area contributed by atoms with Crippen molar-refractivity contribution in [2.75, 3.05) is 0 Å². The first-order valence-electron chi connectivity index (χ1n) is 17.4. The van der Waals surface area contributed by atoms with Crippen LogP contribution in [-0.4, -0.2) is 10.9 Å². The van der Waals surface area contributed by atoms with Gasteiger partial charge in [0.05, 0.1) is 0 Å². The van der Waals surface area contributed by atoms with Crippen molar-refractivity contribution >= 4 is 11.8 Å². The van der Waals surface area contributed by atoms with Gasteiger partial charge in [0.15, 0.2) is 0 Å². The molecule has 1 aliphatic rings. The van der Waals surface area contributed by atoms with Gasteiger partial charge in [-0.2, -0.15) is 0 Å². The van der Waals surface area contributed by atoms with Crippen LogP contribution < -0.4 is 10.4 Å². The third-order valence-electron chi connectivity index (χ3n) is 8.45. The van der Waals surface area contributed by atoms with Gasteiger partial charge in [-0.3, -0.25) is 0 Å². The largest absolute Gasteiger partial charge is 0.338 e. The van der Waals surface area contributed by atoms with Crippen molar-refractivity contribution < 1.29 is 0 Å². The average molecular weight is 604 g/mol. The van der Waals surface area contributed by atoms with E-state index in [0.29, 0.717) is 0 Å². The van der Waals surface area contributed by atoms with Crippen LogP contribution in [0.3, 0.4) is 0 Å². The van der Waals surface area contributed by atoms with Crippen molar-refractivity contribution in [1.29, 1.82) is 0 Å². The van der Waals surface area contributed by atoms with Gasteiger partial charge in [0.2, 0.25) is 0 Å². The van der Waals surface area contributed by atoms with Crippen molar-refractivity contribution in [3.05, 3.63) is 142 Å². The average Bonchev–Trinajstić information content (AvgIpc) is 3.03. The summed E-state index contributed by atoms with van der Waals surface area (Å²) in [7, 11) is 0. The summed E-state index contributed by atoms with van der Waals surface area (Å²) in [6.07, 6.45) is 37.8. The van der Waals surface area contributed by atoms with Crippen LogP contribution >= 0.6 is 0 Å². The maximum absolute atomic E-state index is 4.71. The van der Waals surface area contributed by atoms with Crippen molar-refractivity contribution in [1.82, 2.24) is 4.90 Å². The number of hydrogen-bond acceptors (Lipinski definition) is 1. The van der Waals surface area contributed by atoms with Crippen LogP contribution in [-0.2, 0) is 0 Å². The maximum Gasteiger partial charge on any atom is 0.0493 e. The molecular formula is C44H61N. The van der Waals surface area contributed by atoms with Crippen LogP contribution in [0.2, 0.25) is 0 Å². The molecule has 0 fully saturated rings. The van der Waals surface area contributed by atoms with E-state index in [1.165, 1.54) is 50.4 Å². The zero-order valence-corrected chi connectivity index (χ0v) is 29.7. The molecule has 1 heterocycles. The Balaban J connectivity index is 2.71. The Labute approximate surface area is 276 Å².